The fraction of sp³-hybridized carbons (Fsp3) is 0.400. The summed E-state index contributed by atoms with van der Waals surface area (Å²) in [7, 11) is 0. The van der Waals surface area contributed by atoms with E-state index in [2.05, 4.69) is 26.3 Å². The topological polar surface area (TPSA) is 12.9 Å². The van der Waals surface area contributed by atoms with Crippen molar-refractivity contribution < 1.29 is 0 Å². The number of nitrogens with zero attached hydrogens (tertiary/aromatic N) is 1. The van der Waals surface area contributed by atoms with Crippen LogP contribution in [0, 0.1) is 6.92 Å². The van der Waals surface area contributed by atoms with E-state index in [4.69, 9.17) is 0 Å². The maximum atomic E-state index is 4.20. The fourth-order valence-corrected chi connectivity index (χ4v) is 1.58. The number of aryl methyl sites for hydroxylation is 1. The molecule has 0 saturated carbocycles. The molecule has 0 aromatic carbocycles. The summed E-state index contributed by atoms with van der Waals surface area (Å²) >= 11 is 5.00. The van der Waals surface area contributed by atoms with Gasteiger partial charge in [-0.1, -0.05) is 15.9 Å². The van der Waals surface area contributed by atoms with E-state index in [1.165, 1.54) is 0 Å². The molecule has 1 nitrogen and oxygen atoms in total. The third kappa shape index (κ3) is 1.29. The first-order valence-electron chi connectivity index (χ1n) is 2.30. The van der Waals surface area contributed by atoms with E-state index in [0.717, 1.165) is 16.0 Å². The van der Waals surface area contributed by atoms with Crippen LogP contribution in [0.15, 0.2) is 5.38 Å². The van der Waals surface area contributed by atoms with E-state index in [1.807, 2.05) is 6.92 Å². The van der Waals surface area contributed by atoms with Crippen molar-refractivity contribution in [3.8, 4) is 0 Å². The molecule has 0 spiro atoms. The van der Waals surface area contributed by atoms with Gasteiger partial charge in [-0.25, -0.2) is 4.98 Å². The summed E-state index contributed by atoms with van der Waals surface area (Å²) in [5, 5.41) is 4.07. The molecule has 1 aromatic rings. The lowest BCUT2D eigenvalue weighted by Gasteiger charge is -1.78. The summed E-state index contributed by atoms with van der Waals surface area (Å²) < 4.78 is 0. The number of aromatic nitrogens is 1. The first kappa shape index (κ1) is 6.23. The number of hydrogen-bond donors (Lipinski definition) is 0. The Kier molecular flexibility index (Phi) is 2.02. The van der Waals surface area contributed by atoms with Gasteiger partial charge in [-0.2, -0.15) is 0 Å². The van der Waals surface area contributed by atoms with Crippen LogP contribution >= 0.6 is 27.3 Å². The molecular formula is C5H6BrNS. The van der Waals surface area contributed by atoms with Crippen LogP contribution < -0.4 is 0 Å². The van der Waals surface area contributed by atoms with Crippen molar-refractivity contribution in [3.63, 3.8) is 0 Å². The molecule has 1 heterocycles. The SMILES string of the molecule is Cc1nc(CBr)cs1. The molecule has 0 radical (unpaired) electrons. The van der Waals surface area contributed by atoms with Gasteiger partial charge < -0.3 is 0 Å². The van der Waals surface area contributed by atoms with Crippen molar-refractivity contribution in [1.82, 2.24) is 4.98 Å². The minimum absolute atomic E-state index is 0.872. The smallest absolute Gasteiger partial charge is 0.0897 e. The van der Waals surface area contributed by atoms with Crippen LogP contribution in [-0.4, -0.2) is 4.98 Å². The maximum Gasteiger partial charge on any atom is 0.0897 e. The van der Waals surface area contributed by atoms with Gasteiger partial charge in [0.05, 0.1) is 10.7 Å². The van der Waals surface area contributed by atoms with Gasteiger partial charge in [0.1, 0.15) is 0 Å². The van der Waals surface area contributed by atoms with Crippen LogP contribution in [0.4, 0.5) is 0 Å². The van der Waals surface area contributed by atoms with Crippen LogP contribution in [-0.2, 0) is 5.33 Å². The summed E-state index contributed by atoms with van der Waals surface area (Å²) in [5.74, 6) is 0. The zero-order valence-electron chi connectivity index (χ0n) is 4.52. The summed E-state index contributed by atoms with van der Waals surface area (Å²) in [4.78, 5) is 4.20. The van der Waals surface area contributed by atoms with Gasteiger partial charge in [0.15, 0.2) is 0 Å². The predicted molar refractivity (Wildman–Crippen MR) is 39.5 cm³/mol. The van der Waals surface area contributed by atoms with Gasteiger partial charge >= 0.3 is 0 Å². The number of alkyl halides is 1. The van der Waals surface area contributed by atoms with Gasteiger partial charge in [-0.3, -0.25) is 0 Å². The number of halogens is 1. The zero-order valence-corrected chi connectivity index (χ0v) is 6.92. The molecule has 0 amide bonds. The number of thiazole rings is 1. The molecule has 0 N–H and O–H groups in total. The van der Waals surface area contributed by atoms with E-state index < -0.39 is 0 Å². The molecule has 8 heavy (non-hydrogen) atoms. The van der Waals surface area contributed by atoms with Crippen molar-refractivity contribution in [2.24, 2.45) is 0 Å². The molecule has 0 aliphatic rings. The third-order valence-corrected chi connectivity index (χ3v) is 2.20. The Morgan fingerprint density at radius 1 is 1.88 bits per heavy atom. The predicted octanol–water partition coefficient (Wildman–Crippen LogP) is 2.35. The van der Waals surface area contributed by atoms with Crippen LogP contribution in [0.25, 0.3) is 0 Å². The van der Waals surface area contributed by atoms with Crippen molar-refractivity contribution in [1.29, 1.82) is 0 Å². The molecule has 1 rings (SSSR count). The van der Waals surface area contributed by atoms with E-state index in [9.17, 15) is 0 Å². The highest BCUT2D eigenvalue weighted by molar-refractivity contribution is 9.08. The minimum Gasteiger partial charge on any atom is -0.246 e. The fourth-order valence-electron chi connectivity index (χ4n) is 0.470. The van der Waals surface area contributed by atoms with Gasteiger partial charge in [-0.15, -0.1) is 11.3 Å². The lowest BCUT2D eigenvalue weighted by Crippen LogP contribution is -1.73. The molecular weight excluding hydrogens is 186 g/mol. The molecule has 1 aromatic heterocycles. The highest BCUT2D eigenvalue weighted by atomic mass is 79.9. The molecule has 3 heteroatoms. The average molecular weight is 192 g/mol. The Labute approximate surface area is 60.9 Å². The van der Waals surface area contributed by atoms with Crippen molar-refractivity contribution in [3.05, 3.63) is 16.1 Å². The van der Waals surface area contributed by atoms with Crippen LogP contribution in [0.1, 0.15) is 10.7 Å². The number of hydrogen-bond acceptors (Lipinski definition) is 2. The molecule has 0 unspecified atom stereocenters. The second-order valence-electron chi connectivity index (χ2n) is 1.49. The quantitative estimate of drug-likeness (QED) is 0.622. The van der Waals surface area contributed by atoms with Gasteiger partial charge in [0.25, 0.3) is 0 Å². The molecule has 0 bridgehead atoms. The van der Waals surface area contributed by atoms with Gasteiger partial charge in [0, 0.05) is 10.7 Å². The lowest BCUT2D eigenvalue weighted by molar-refractivity contribution is 1.19. The highest BCUT2D eigenvalue weighted by Crippen LogP contribution is 2.09. The molecule has 0 aliphatic carbocycles. The Balaban J connectivity index is 2.84. The van der Waals surface area contributed by atoms with Crippen LogP contribution in [0.2, 0.25) is 0 Å². The van der Waals surface area contributed by atoms with Crippen LogP contribution in [0.3, 0.4) is 0 Å². The molecule has 0 fully saturated rings. The van der Waals surface area contributed by atoms with Crippen molar-refractivity contribution >= 4 is 27.3 Å². The normalized spacial score (nSPS) is 9.75. The summed E-state index contributed by atoms with van der Waals surface area (Å²) in [6, 6.07) is 0. The molecule has 0 aliphatic heterocycles. The van der Waals surface area contributed by atoms with Gasteiger partial charge in [-0.05, 0) is 6.92 Å². The summed E-state index contributed by atoms with van der Waals surface area (Å²) in [6.07, 6.45) is 0. The standard InChI is InChI=1S/C5H6BrNS/c1-4-7-5(2-6)3-8-4/h3H,2H2,1H3. The maximum absolute atomic E-state index is 4.20. The first-order valence-corrected chi connectivity index (χ1v) is 4.30. The zero-order chi connectivity index (χ0) is 5.98. The van der Waals surface area contributed by atoms with E-state index in [-0.39, 0.29) is 0 Å². The summed E-state index contributed by atoms with van der Waals surface area (Å²) in [5.41, 5.74) is 1.13. The largest absolute Gasteiger partial charge is 0.246 e. The third-order valence-electron chi connectivity index (χ3n) is 0.803. The Morgan fingerprint density at radius 3 is 2.88 bits per heavy atom. The summed E-state index contributed by atoms with van der Waals surface area (Å²) in [6.45, 7) is 2.01. The second-order valence-corrected chi connectivity index (χ2v) is 3.11. The average Bonchev–Trinajstić information content (AvgIpc) is 2.14. The van der Waals surface area contributed by atoms with E-state index in [1.54, 1.807) is 11.3 Å². The van der Waals surface area contributed by atoms with E-state index in [0.29, 0.717) is 0 Å². The van der Waals surface area contributed by atoms with Crippen LogP contribution in [0.5, 0.6) is 0 Å². The lowest BCUT2D eigenvalue weighted by atomic mass is 10.6. The molecule has 0 atom stereocenters. The second kappa shape index (κ2) is 2.60. The Morgan fingerprint density at radius 2 is 2.62 bits per heavy atom. The van der Waals surface area contributed by atoms with Crippen molar-refractivity contribution in [2.75, 3.05) is 0 Å². The first-order chi connectivity index (χ1) is 3.83. The highest BCUT2D eigenvalue weighted by Gasteiger charge is 1.92. The molecule has 44 valence electrons. The van der Waals surface area contributed by atoms with Gasteiger partial charge in [0.2, 0.25) is 0 Å². The number of rotatable bonds is 1. The van der Waals surface area contributed by atoms with Crippen molar-refractivity contribution in [2.45, 2.75) is 12.3 Å². The Hall–Kier alpha value is 0.110. The molecule has 0 saturated heterocycles. The monoisotopic (exact) mass is 191 g/mol. The Bertz CT molecular complexity index is 173. The van der Waals surface area contributed by atoms with E-state index >= 15 is 0 Å². The minimum atomic E-state index is 0.872.